The molecule has 2 aromatic rings. The van der Waals surface area contributed by atoms with Gasteiger partial charge in [-0.15, -0.1) is 0 Å². The van der Waals surface area contributed by atoms with E-state index in [1.807, 2.05) is 31.2 Å². The standard InChI is InChI=1S/C15H19NO7P2/c1-2-23-14-7-3-5-12(9-14)13-6-4-8-16(10-13)11-15(24(17,18)19)25(20,21)22/h3-10,15H,2,11H2,1H3,(H3-,17,18,19,20,21,22)/p+1. The van der Waals surface area contributed by atoms with E-state index in [2.05, 4.69) is 0 Å². The molecule has 0 unspecified atom stereocenters. The van der Waals surface area contributed by atoms with Crippen LogP contribution >= 0.6 is 15.2 Å². The van der Waals surface area contributed by atoms with Gasteiger partial charge in [-0.2, -0.15) is 0 Å². The molecule has 0 bridgehead atoms. The van der Waals surface area contributed by atoms with Crippen molar-refractivity contribution in [3.8, 4) is 16.9 Å². The zero-order valence-electron chi connectivity index (χ0n) is 13.5. The minimum absolute atomic E-state index is 0.506. The third-order valence-electron chi connectivity index (χ3n) is 3.49. The lowest BCUT2D eigenvalue weighted by molar-refractivity contribution is -0.694. The van der Waals surface area contributed by atoms with Crippen LogP contribution in [0.3, 0.4) is 0 Å². The molecule has 1 heterocycles. The zero-order valence-corrected chi connectivity index (χ0v) is 15.3. The molecule has 1 aromatic carbocycles. The summed E-state index contributed by atoms with van der Waals surface area (Å²) in [6.07, 6.45) is 3.07. The molecule has 1 aromatic heterocycles. The number of hydrogen-bond donors (Lipinski definition) is 4. The Morgan fingerprint density at radius 1 is 1.04 bits per heavy atom. The van der Waals surface area contributed by atoms with Crippen molar-refractivity contribution < 1.29 is 38.0 Å². The Labute approximate surface area is 145 Å². The third kappa shape index (κ3) is 5.47. The molecule has 0 saturated carbocycles. The van der Waals surface area contributed by atoms with Gasteiger partial charge in [-0.3, -0.25) is 9.13 Å². The number of benzene rings is 1. The summed E-state index contributed by atoms with van der Waals surface area (Å²) in [5.41, 5.74) is 1.53. The summed E-state index contributed by atoms with van der Waals surface area (Å²) in [4.78, 5) is 37.0. The van der Waals surface area contributed by atoms with Crippen molar-refractivity contribution in [3.63, 3.8) is 0 Å². The average molecular weight is 388 g/mol. The van der Waals surface area contributed by atoms with Gasteiger partial charge in [0.2, 0.25) is 5.40 Å². The van der Waals surface area contributed by atoms with Crippen LogP contribution in [0.25, 0.3) is 11.1 Å². The Balaban J connectivity index is 2.34. The molecule has 0 atom stereocenters. The smallest absolute Gasteiger partial charge is 0.347 e. The summed E-state index contributed by atoms with van der Waals surface area (Å²) in [6, 6.07) is 10.7. The highest BCUT2D eigenvalue weighted by Gasteiger charge is 2.46. The maximum atomic E-state index is 11.4. The van der Waals surface area contributed by atoms with Gasteiger partial charge in [-0.25, -0.2) is 4.57 Å². The van der Waals surface area contributed by atoms with Crippen molar-refractivity contribution in [2.75, 3.05) is 6.61 Å². The maximum Gasteiger partial charge on any atom is 0.347 e. The van der Waals surface area contributed by atoms with E-state index in [1.54, 1.807) is 18.3 Å². The fourth-order valence-corrected chi connectivity index (χ4v) is 4.71. The summed E-state index contributed by atoms with van der Waals surface area (Å²) >= 11 is 0. The van der Waals surface area contributed by atoms with Gasteiger partial charge in [-0.1, -0.05) is 12.1 Å². The molecule has 0 aliphatic carbocycles. The van der Waals surface area contributed by atoms with Crippen molar-refractivity contribution in [1.29, 1.82) is 0 Å². The summed E-state index contributed by atoms with van der Waals surface area (Å²) in [6.45, 7) is 1.88. The number of nitrogens with zero attached hydrogens (tertiary/aromatic N) is 1. The molecule has 0 aliphatic heterocycles. The van der Waals surface area contributed by atoms with Crippen LogP contribution in [0.5, 0.6) is 5.75 Å². The molecule has 0 aliphatic rings. The summed E-state index contributed by atoms with van der Waals surface area (Å²) in [7, 11) is -9.94. The Morgan fingerprint density at radius 3 is 2.28 bits per heavy atom. The number of hydrogen-bond acceptors (Lipinski definition) is 3. The van der Waals surface area contributed by atoms with E-state index in [0.29, 0.717) is 12.4 Å². The van der Waals surface area contributed by atoms with Crippen molar-refractivity contribution in [2.24, 2.45) is 0 Å². The van der Waals surface area contributed by atoms with E-state index >= 15 is 0 Å². The van der Waals surface area contributed by atoms with Crippen LogP contribution in [0.4, 0.5) is 0 Å². The Kier molecular flexibility index (Phi) is 6.16. The second-order valence-electron chi connectivity index (χ2n) is 5.41. The van der Waals surface area contributed by atoms with Crippen LogP contribution < -0.4 is 9.30 Å². The van der Waals surface area contributed by atoms with Gasteiger partial charge in [0.25, 0.3) is 0 Å². The van der Waals surface area contributed by atoms with E-state index < -0.39 is 27.1 Å². The molecule has 10 heteroatoms. The molecule has 4 N–H and O–H groups in total. The molecule has 136 valence electrons. The van der Waals surface area contributed by atoms with Crippen molar-refractivity contribution in [3.05, 3.63) is 48.8 Å². The maximum absolute atomic E-state index is 11.4. The van der Waals surface area contributed by atoms with Gasteiger partial charge in [0.05, 0.1) is 6.61 Å². The second-order valence-corrected chi connectivity index (χ2v) is 9.42. The van der Waals surface area contributed by atoms with Crippen molar-refractivity contribution in [2.45, 2.75) is 18.9 Å². The lowest BCUT2D eigenvalue weighted by Gasteiger charge is -2.16. The van der Waals surface area contributed by atoms with Crippen LogP contribution in [0.15, 0.2) is 48.8 Å². The highest BCUT2D eigenvalue weighted by atomic mass is 31.2. The quantitative estimate of drug-likeness (QED) is 0.420. The van der Waals surface area contributed by atoms with E-state index in [4.69, 9.17) is 4.74 Å². The SMILES string of the molecule is CCOc1cccc(-c2ccc[n+](CC(P(=O)(O)O)P(=O)(O)O)c2)c1. The van der Waals surface area contributed by atoms with E-state index in [0.717, 1.165) is 11.1 Å². The fraction of sp³-hybridized carbons (Fsp3) is 0.267. The van der Waals surface area contributed by atoms with Crippen LogP contribution in [0, 0.1) is 0 Å². The second kappa shape index (κ2) is 7.79. The van der Waals surface area contributed by atoms with Gasteiger partial charge in [0.1, 0.15) is 5.75 Å². The number of ether oxygens (including phenoxy) is 1. The predicted molar refractivity (Wildman–Crippen MR) is 91.1 cm³/mol. The average Bonchev–Trinajstić information content (AvgIpc) is 2.51. The first-order valence-electron chi connectivity index (χ1n) is 7.44. The van der Waals surface area contributed by atoms with E-state index in [-0.39, 0.29) is 0 Å². The van der Waals surface area contributed by atoms with Gasteiger partial charge in [0, 0.05) is 11.6 Å². The number of pyridine rings is 1. The molecular formula is C15H20NO7P2+. The van der Waals surface area contributed by atoms with Gasteiger partial charge < -0.3 is 24.3 Å². The Bertz CT molecular complexity index is 808. The van der Waals surface area contributed by atoms with Crippen LogP contribution in [0.1, 0.15) is 6.92 Å². The summed E-state index contributed by atoms with van der Waals surface area (Å²) in [5.74, 6) is 0.679. The lowest BCUT2D eigenvalue weighted by Crippen LogP contribution is -2.39. The molecule has 25 heavy (non-hydrogen) atoms. The Morgan fingerprint density at radius 2 is 1.68 bits per heavy atom. The van der Waals surface area contributed by atoms with Crippen LogP contribution in [-0.2, 0) is 15.7 Å². The molecule has 0 amide bonds. The topological polar surface area (TPSA) is 128 Å². The highest BCUT2D eigenvalue weighted by Crippen LogP contribution is 2.59. The monoisotopic (exact) mass is 388 g/mol. The van der Waals surface area contributed by atoms with Crippen LogP contribution in [-0.4, -0.2) is 31.6 Å². The third-order valence-corrected chi connectivity index (χ3v) is 7.17. The molecule has 8 nitrogen and oxygen atoms in total. The predicted octanol–water partition coefficient (Wildman–Crippen LogP) is 1.72. The minimum atomic E-state index is -4.97. The normalized spacial score (nSPS) is 12.4. The number of aromatic nitrogens is 1. The summed E-state index contributed by atoms with van der Waals surface area (Å²) in [5, 5.41) is -2.09. The van der Waals surface area contributed by atoms with Crippen molar-refractivity contribution >= 4 is 15.2 Å². The lowest BCUT2D eigenvalue weighted by atomic mass is 10.1. The Hall–Kier alpha value is -1.53. The van der Waals surface area contributed by atoms with Gasteiger partial charge in [-0.05, 0) is 30.7 Å². The first kappa shape index (κ1) is 19.8. The molecule has 0 spiro atoms. The zero-order chi connectivity index (χ0) is 18.7. The first-order valence-corrected chi connectivity index (χ1v) is 10.8. The largest absolute Gasteiger partial charge is 0.494 e. The van der Waals surface area contributed by atoms with Crippen LogP contribution in [0.2, 0.25) is 0 Å². The first-order chi connectivity index (χ1) is 11.6. The molecular weight excluding hydrogens is 368 g/mol. The summed E-state index contributed by atoms with van der Waals surface area (Å²) < 4.78 is 29.6. The molecule has 0 saturated heterocycles. The van der Waals surface area contributed by atoms with E-state index in [9.17, 15) is 28.7 Å². The van der Waals surface area contributed by atoms with E-state index in [1.165, 1.54) is 10.8 Å². The molecule has 0 radical (unpaired) electrons. The molecule has 2 rings (SSSR count). The fourth-order valence-electron chi connectivity index (χ4n) is 2.34. The molecule has 0 fully saturated rings. The number of rotatable bonds is 7. The van der Waals surface area contributed by atoms with Gasteiger partial charge >= 0.3 is 15.2 Å². The minimum Gasteiger partial charge on any atom is -0.494 e. The van der Waals surface area contributed by atoms with Crippen molar-refractivity contribution in [1.82, 2.24) is 0 Å². The van der Waals surface area contributed by atoms with Gasteiger partial charge in [0.15, 0.2) is 18.9 Å². The highest BCUT2D eigenvalue weighted by molar-refractivity contribution is 7.70.